The third-order valence-corrected chi connectivity index (χ3v) is 3.59. The molecule has 1 N–H and O–H groups in total. The van der Waals surface area contributed by atoms with E-state index in [4.69, 9.17) is 12.2 Å². The van der Waals surface area contributed by atoms with Crippen molar-refractivity contribution in [2.45, 2.75) is 19.4 Å². The largest absolute Gasteiger partial charge is 0.332 e. The summed E-state index contributed by atoms with van der Waals surface area (Å²) in [7, 11) is 0. The number of aromatic amines is 1. The van der Waals surface area contributed by atoms with Crippen molar-refractivity contribution in [1.82, 2.24) is 9.55 Å². The summed E-state index contributed by atoms with van der Waals surface area (Å²) in [6, 6.07) is 4.28. The van der Waals surface area contributed by atoms with Crippen LogP contribution in [0.5, 0.6) is 0 Å². The molecule has 1 aliphatic carbocycles. The summed E-state index contributed by atoms with van der Waals surface area (Å²) in [5.74, 6) is 0.0596. The van der Waals surface area contributed by atoms with Gasteiger partial charge in [0.1, 0.15) is 5.82 Å². The smallest absolute Gasteiger partial charge is 0.262 e. The Morgan fingerprint density at radius 1 is 1.53 bits per heavy atom. The summed E-state index contributed by atoms with van der Waals surface area (Å²) < 4.78 is 15.1. The predicted octanol–water partition coefficient (Wildman–Crippen LogP) is 2.78. The molecule has 2 aromatic rings. The topological polar surface area (TPSA) is 37.8 Å². The molecule has 1 aromatic heterocycles. The zero-order valence-corrected chi connectivity index (χ0v) is 10.1. The highest BCUT2D eigenvalue weighted by atomic mass is 32.1. The van der Waals surface area contributed by atoms with Crippen LogP contribution >= 0.6 is 12.2 Å². The molecular formula is C12H11FN2OS. The van der Waals surface area contributed by atoms with Crippen LogP contribution in [0.4, 0.5) is 4.39 Å². The van der Waals surface area contributed by atoms with Crippen molar-refractivity contribution >= 4 is 23.1 Å². The lowest BCUT2D eigenvalue weighted by Gasteiger charge is -2.06. The van der Waals surface area contributed by atoms with Crippen LogP contribution in [0.25, 0.3) is 10.9 Å². The molecule has 1 fully saturated rings. The first kappa shape index (κ1) is 10.7. The van der Waals surface area contributed by atoms with E-state index in [0.29, 0.717) is 21.6 Å². The van der Waals surface area contributed by atoms with Crippen LogP contribution in [0.15, 0.2) is 23.0 Å². The van der Waals surface area contributed by atoms with Crippen molar-refractivity contribution in [3.8, 4) is 0 Å². The van der Waals surface area contributed by atoms with Crippen molar-refractivity contribution in [2.24, 2.45) is 5.92 Å². The first-order chi connectivity index (χ1) is 8.08. The Labute approximate surface area is 102 Å². The number of aromatic nitrogens is 2. The summed E-state index contributed by atoms with van der Waals surface area (Å²) in [6.07, 6.45) is 0.957. The molecule has 0 saturated heterocycles. The molecule has 3 rings (SSSR count). The normalized spacial score (nSPS) is 22.9. The van der Waals surface area contributed by atoms with Gasteiger partial charge in [-0.05, 0) is 42.8 Å². The lowest BCUT2D eigenvalue weighted by Crippen LogP contribution is -2.21. The van der Waals surface area contributed by atoms with E-state index in [1.54, 1.807) is 10.6 Å². The van der Waals surface area contributed by atoms with Crippen molar-refractivity contribution < 1.29 is 4.39 Å². The van der Waals surface area contributed by atoms with Gasteiger partial charge in [-0.1, -0.05) is 6.92 Å². The highest BCUT2D eigenvalue weighted by molar-refractivity contribution is 7.71. The van der Waals surface area contributed by atoms with Gasteiger partial charge in [0.25, 0.3) is 5.56 Å². The van der Waals surface area contributed by atoms with E-state index in [1.165, 1.54) is 12.1 Å². The van der Waals surface area contributed by atoms with Gasteiger partial charge in [0.2, 0.25) is 0 Å². The fourth-order valence-electron chi connectivity index (χ4n) is 2.16. The average Bonchev–Trinajstić information content (AvgIpc) is 2.97. The zero-order chi connectivity index (χ0) is 12.2. The average molecular weight is 250 g/mol. The molecule has 0 spiro atoms. The summed E-state index contributed by atoms with van der Waals surface area (Å²) in [6.45, 7) is 2.07. The first-order valence-corrected chi connectivity index (χ1v) is 5.93. The molecule has 0 bridgehead atoms. The number of fused-ring (bicyclic) bond motifs is 1. The molecule has 2 unspecified atom stereocenters. The third kappa shape index (κ3) is 1.61. The molecule has 0 amide bonds. The molecule has 0 radical (unpaired) electrons. The van der Waals surface area contributed by atoms with Gasteiger partial charge < -0.3 is 4.98 Å². The fourth-order valence-corrected chi connectivity index (χ4v) is 2.49. The second kappa shape index (κ2) is 3.50. The number of nitrogens with one attached hydrogen (secondary N) is 1. The lowest BCUT2D eigenvalue weighted by atomic mass is 10.2. The minimum absolute atomic E-state index is 0.166. The van der Waals surface area contributed by atoms with Crippen LogP contribution in [0.2, 0.25) is 0 Å². The number of hydrogen-bond acceptors (Lipinski definition) is 2. The number of halogens is 1. The Bertz CT molecular complexity index is 718. The molecule has 1 saturated carbocycles. The molecule has 1 aromatic carbocycles. The second-order valence-corrected chi connectivity index (χ2v) is 4.96. The Hall–Kier alpha value is -1.49. The quantitative estimate of drug-likeness (QED) is 0.790. The van der Waals surface area contributed by atoms with Gasteiger partial charge >= 0.3 is 0 Å². The molecule has 88 valence electrons. The van der Waals surface area contributed by atoms with Crippen molar-refractivity contribution in [3.63, 3.8) is 0 Å². The molecule has 1 heterocycles. The Morgan fingerprint density at radius 2 is 2.24 bits per heavy atom. The molecule has 0 aliphatic heterocycles. The predicted molar refractivity (Wildman–Crippen MR) is 66.2 cm³/mol. The summed E-state index contributed by atoms with van der Waals surface area (Å²) in [5, 5.41) is 0.359. The molecule has 1 aliphatic rings. The Morgan fingerprint density at radius 3 is 2.88 bits per heavy atom. The SMILES string of the molecule is CC1CC1n1c(=S)[nH]c2ccc(F)cc2c1=O. The van der Waals surface area contributed by atoms with Crippen LogP contribution < -0.4 is 5.56 Å². The second-order valence-electron chi connectivity index (χ2n) is 4.58. The minimum atomic E-state index is -0.407. The van der Waals surface area contributed by atoms with Gasteiger partial charge in [-0.2, -0.15) is 0 Å². The Balaban J connectivity index is 2.37. The van der Waals surface area contributed by atoms with Crippen LogP contribution in [-0.4, -0.2) is 9.55 Å². The van der Waals surface area contributed by atoms with Crippen LogP contribution in [0.3, 0.4) is 0 Å². The van der Waals surface area contributed by atoms with Gasteiger partial charge in [0, 0.05) is 6.04 Å². The van der Waals surface area contributed by atoms with Gasteiger partial charge in [-0.15, -0.1) is 0 Å². The highest BCUT2D eigenvalue weighted by Gasteiger charge is 2.36. The van der Waals surface area contributed by atoms with E-state index in [2.05, 4.69) is 11.9 Å². The summed E-state index contributed by atoms with van der Waals surface area (Å²) >= 11 is 5.18. The first-order valence-electron chi connectivity index (χ1n) is 5.52. The number of benzene rings is 1. The molecule has 3 nitrogen and oxygen atoms in total. The number of rotatable bonds is 1. The van der Waals surface area contributed by atoms with Gasteiger partial charge in [0.15, 0.2) is 4.77 Å². The standard InChI is InChI=1S/C12H11FN2OS/c1-6-4-10(6)15-11(16)8-5-7(13)2-3-9(8)14-12(15)17/h2-3,5-6,10H,4H2,1H3,(H,14,17). The van der Waals surface area contributed by atoms with Crippen molar-refractivity contribution in [3.05, 3.63) is 39.1 Å². The van der Waals surface area contributed by atoms with E-state index < -0.39 is 5.82 Å². The summed E-state index contributed by atoms with van der Waals surface area (Å²) in [4.78, 5) is 15.2. The zero-order valence-electron chi connectivity index (χ0n) is 9.24. The lowest BCUT2D eigenvalue weighted by molar-refractivity contribution is 0.625. The van der Waals surface area contributed by atoms with Crippen molar-refractivity contribution in [1.29, 1.82) is 0 Å². The van der Waals surface area contributed by atoms with E-state index in [1.807, 2.05) is 0 Å². The molecule has 17 heavy (non-hydrogen) atoms. The number of H-pyrrole nitrogens is 1. The molecule has 5 heteroatoms. The maximum absolute atomic E-state index is 13.2. The third-order valence-electron chi connectivity index (χ3n) is 3.29. The van der Waals surface area contributed by atoms with E-state index in [9.17, 15) is 9.18 Å². The van der Waals surface area contributed by atoms with Crippen LogP contribution in [0.1, 0.15) is 19.4 Å². The fraction of sp³-hybridized carbons (Fsp3) is 0.333. The number of hydrogen-bond donors (Lipinski definition) is 1. The van der Waals surface area contributed by atoms with E-state index >= 15 is 0 Å². The van der Waals surface area contributed by atoms with Gasteiger partial charge in [0.05, 0.1) is 10.9 Å². The molecular weight excluding hydrogens is 239 g/mol. The van der Waals surface area contributed by atoms with Gasteiger partial charge in [-0.25, -0.2) is 4.39 Å². The molecule has 2 atom stereocenters. The summed E-state index contributed by atoms with van der Waals surface area (Å²) in [5.41, 5.74) is 0.392. The monoisotopic (exact) mass is 250 g/mol. The maximum atomic E-state index is 13.2. The minimum Gasteiger partial charge on any atom is -0.332 e. The van der Waals surface area contributed by atoms with Crippen LogP contribution in [-0.2, 0) is 0 Å². The van der Waals surface area contributed by atoms with Crippen molar-refractivity contribution in [2.75, 3.05) is 0 Å². The van der Waals surface area contributed by atoms with E-state index in [-0.39, 0.29) is 11.6 Å². The van der Waals surface area contributed by atoms with Crippen LogP contribution in [0, 0.1) is 16.5 Å². The Kier molecular flexibility index (Phi) is 2.19. The van der Waals surface area contributed by atoms with E-state index in [0.717, 1.165) is 6.42 Å². The van der Waals surface area contributed by atoms with Gasteiger partial charge in [-0.3, -0.25) is 9.36 Å². The highest BCUT2D eigenvalue weighted by Crippen LogP contribution is 2.41. The maximum Gasteiger partial charge on any atom is 0.262 e. The number of nitrogens with zero attached hydrogens (tertiary/aromatic N) is 1.